The molecule has 6 rings (SSSR count). The van der Waals surface area contributed by atoms with E-state index in [2.05, 4.69) is 32.6 Å². The van der Waals surface area contributed by atoms with E-state index >= 15 is 0 Å². The molecule has 294 valence electrons. The van der Waals surface area contributed by atoms with E-state index in [-0.39, 0.29) is 31.2 Å². The number of fused-ring (bicyclic) bond motifs is 3. The summed E-state index contributed by atoms with van der Waals surface area (Å²) < 4.78 is 39.4. The van der Waals surface area contributed by atoms with Gasteiger partial charge in [-0.3, -0.25) is 19.1 Å². The summed E-state index contributed by atoms with van der Waals surface area (Å²) in [6.07, 6.45) is 8.03. The van der Waals surface area contributed by atoms with Crippen molar-refractivity contribution < 1.29 is 37.1 Å². The van der Waals surface area contributed by atoms with Gasteiger partial charge >= 0.3 is 6.03 Å². The predicted octanol–water partition coefficient (Wildman–Crippen LogP) is 3.94. The number of benzene rings is 1. The number of nitrogens with one attached hydrogen (secondary N) is 4. The molecule has 5 amide bonds. The van der Waals surface area contributed by atoms with E-state index in [1.165, 1.54) is 4.90 Å². The second-order valence-electron chi connectivity index (χ2n) is 17.0. The Morgan fingerprint density at radius 3 is 2.52 bits per heavy atom. The van der Waals surface area contributed by atoms with Crippen LogP contribution in [0.4, 0.5) is 4.79 Å². The van der Waals surface area contributed by atoms with E-state index in [4.69, 9.17) is 9.47 Å². The molecule has 0 radical (unpaired) electrons. The molecule has 14 nitrogen and oxygen atoms in total. The summed E-state index contributed by atoms with van der Waals surface area (Å²) in [7, 11) is -2.41. The molecule has 15 heteroatoms. The van der Waals surface area contributed by atoms with Crippen LogP contribution in [0.5, 0.6) is 11.6 Å². The Kier molecular flexibility index (Phi) is 10.7. The van der Waals surface area contributed by atoms with E-state index in [0.29, 0.717) is 42.7 Å². The Balaban J connectivity index is 1.35. The molecule has 1 aromatic carbocycles. The van der Waals surface area contributed by atoms with Crippen LogP contribution in [0.25, 0.3) is 10.8 Å². The zero-order chi connectivity index (χ0) is 39.2. The second kappa shape index (κ2) is 14.7. The number of nitrogens with zero attached hydrogens (tertiary/aromatic N) is 2. The summed E-state index contributed by atoms with van der Waals surface area (Å²) in [6, 6.07) is 4.72. The quantitative estimate of drug-likeness (QED) is 0.303. The molecule has 2 unspecified atom stereocenters. The highest BCUT2D eigenvalue weighted by atomic mass is 32.2. The summed E-state index contributed by atoms with van der Waals surface area (Å²) >= 11 is 0. The molecular formula is C39H54N6O8S. The van der Waals surface area contributed by atoms with Gasteiger partial charge in [0.15, 0.2) is 0 Å². The van der Waals surface area contributed by atoms with Crippen LogP contribution in [0.3, 0.4) is 0 Å². The Hall–Kier alpha value is -4.40. The van der Waals surface area contributed by atoms with Crippen molar-refractivity contribution in [3.63, 3.8) is 0 Å². The number of pyridine rings is 1. The lowest BCUT2D eigenvalue weighted by atomic mass is 9.88. The van der Waals surface area contributed by atoms with Crippen LogP contribution < -0.4 is 30.1 Å². The number of carbonyl (C=O) groups is 4. The van der Waals surface area contributed by atoms with Crippen LogP contribution in [0, 0.1) is 17.8 Å². The number of aromatic nitrogens is 1. The number of methoxy groups -OCH3 is 1. The fraction of sp³-hybridized carbons (Fsp3) is 0.615. The molecule has 54 heavy (non-hydrogen) atoms. The average Bonchev–Trinajstić information content (AvgIpc) is 3.97. The van der Waals surface area contributed by atoms with Gasteiger partial charge in [-0.05, 0) is 108 Å². The van der Waals surface area contributed by atoms with Crippen molar-refractivity contribution in [3.8, 4) is 11.6 Å². The van der Waals surface area contributed by atoms with Crippen molar-refractivity contribution in [2.45, 2.75) is 121 Å². The number of sulfonamides is 1. The third kappa shape index (κ3) is 8.30. The first-order chi connectivity index (χ1) is 25.3. The summed E-state index contributed by atoms with van der Waals surface area (Å²) in [6.45, 7) is 11.1. The van der Waals surface area contributed by atoms with Gasteiger partial charge in [-0.2, -0.15) is 0 Å². The minimum Gasteiger partial charge on any atom is -0.497 e. The topological polar surface area (TPSA) is 185 Å². The van der Waals surface area contributed by atoms with Gasteiger partial charge in [0.2, 0.25) is 27.7 Å². The van der Waals surface area contributed by atoms with Crippen LogP contribution >= 0.6 is 0 Å². The van der Waals surface area contributed by atoms with Gasteiger partial charge in [0.05, 0.1) is 18.4 Å². The highest BCUT2D eigenvalue weighted by Gasteiger charge is 2.63. The lowest BCUT2D eigenvalue weighted by Crippen LogP contribution is -2.60. The smallest absolute Gasteiger partial charge is 0.315 e. The van der Waals surface area contributed by atoms with Crippen LogP contribution in [0.2, 0.25) is 0 Å². The van der Waals surface area contributed by atoms with Crippen LogP contribution in [0.1, 0.15) is 86.5 Å². The van der Waals surface area contributed by atoms with E-state index in [0.717, 1.165) is 11.8 Å². The maximum atomic E-state index is 14.8. The molecule has 1 aromatic heterocycles. The fourth-order valence-corrected chi connectivity index (χ4v) is 8.93. The summed E-state index contributed by atoms with van der Waals surface area (Å²) in [5, 5.41) is 10.3. The Bertz CT molecular complexity index is 1940. The Morgan fingerprint density at radius 2 is 1.83 bits per heavy atom. The largest absolute Gasteiger partial charge is 0.497 e. The molecule has 2 aliphatic carbocycles. The molecule has 1 saturated heterocycles. The molecule has 4 N–H and O–H groups in total. The van der Waals surface area contributed by atoms with Crippen LogP contribution in [0.15, 0.2) is 42.6 Å². The number of carbonyl (C=O) groups excluding carboxylic acids is 4. The number of hydrogen-bond acceptors (Lipinski definition) is 9. The van der Waals surface area contributed by atoms with Crippen LogP contribution in [-0.2, 0) is 24.4 Å². The van der Waals surface area contributed by atoms with E-state index in [1.54, 1.807) is 26.3 Å². The first-order valence-corrected chi connectivity index (χ1v) is 20.4. The second-order valence-corrected chi connectivity index (χ2v) is 19.2. The number of ether oxygens (including phenoxy) is 2. The van der Waals surface area contributed by atoms with E-state index in [1.807, 2.05) is 58.0 Å². The number of amides is 5. The molecule has 0 spiro atoms. The number of hydrogen-bond donors (Lipinski definition) is 4. The molecule has 3 fully saturated rings. The van der Waals surface area contributed by atoms with Crippen LogP contribution in [-0.4, -0.2) is 89.7 Å². The molecule has 3 heterocycles. The maximum Gasteiger partial charge on any atom is 0.315 e. The van der Waals surface area contributed by atoms with Gasteiger partial charge in [-0.25, -0.2) is 18.2 Å². The average molecular weight is 767 g/mol. The highest BCUT2D eigenvalue weighted by Crippen LogP contribution is 2.47. The van der Waals surface area contributed by atoms with Crippen molar-refractivity contribution >= 4 is 44.5 Å². The van der Waals surface area contributed by atoms with Gasteiger partial charge in [0, 0.05) is 29.5 Å². The molecular weight excluding hydrogens is 713 g/mol. The highest BCUT2D eigenvalue weighted by molar-refractivity contribution is 7.91. The summed E-state index contributed by atoms with van der Waals surface area (Å²) in [5.74, 6) is -1.43. The van der Waals surface area contributed by atoms with E-state index < -0.39 is 73.7 Å². The zero-order valence-electron chi connectivity index (χ0n) is 32.2. The fourth-order valence-electron chi connectivity index (χ4n) is 7.62. The van der Waals surface area contributed by atoms with Gasteiger partial charge in [0.25, 0.3) is 5.91 Å². The lowest BCUT2D eigenvalue weighted by molar-refractivity contribution is -0.142. The maximum absolute atomic E-state index is 14.8. The van der Waals surface area contributed by atoms with Gasteiger partial charge in [-0.1, -0.05) is 26.0 Å². The summed E-state index contributed by atoms with van der Waals surface area (Å²) in [5.41, 5.74) is -2.08. The van der Waals surface area contributed by atoms with Crippen molar-refractivity contribution in [1.29, 1.82) is 0 Å². The SMILES string of the molecule is COc1ccc2c(O[C@@H]3C[C@H]4C(=O)NC5(C(=O)NS(=O)(=O)C6(C)CC6)CC5/C=C\CC[C@H](C)C[C@@H](C)[C@H](NC(=O)NC(C)(C)C)C(=O)N4C3)nccc2c1. The monoisotopic (exact) mass is 766 g/mol. The molecule has 2 aliphatic heterocycles. The molecule has 2 saturated carbocycles. The third-order valence-corrected chi connectivity index (χ3v) is 13.4. The first-order valence-electron chi connectivity index (χ1n) is 18.9. The Morgan fingerprint density at radius 1 is 1.09 bits per heavy atom. The van der Waals surface area contributed by atoms with Gasteiger partial charge in [0.1, 0.15) is 29.5 Å². The van der Waals surface area contributed by atoms with Crippen molar-refractivity contribution in [2.75, 3.05) is 13.7 Å². The predicted molar refractivity (Wildman–Crippen MR) is 203 cm³/mol. The number of urea groups is 1. The number of rotatable bonds is 7. The first kappa shape index (κ1) is 39.3. The van der Waals surface area contributed by atoms with E-state index in [9.17, 15) is 27.6 Å². The van der Waals surface area contributed by atoms with Crippen molar-refractivity contribution in [2.24, 2.45) is 17.8 Å². The molecule has 2 aromatic rings. The van der Waals surface area contributed by atoms with Gasteiger partial charge in [-0.15, -0.1) is 0 Å². The number of allylic oxidation sites excluding steroid dienone is 1. The zero-order valence-corrected chi connectivity index (χ0v) is 33.0. The Labute approximate surface area is 317 Å². The molecule has 7 atom stereocenters. The van der Waals surface area contributed by atoms with Crippen molar-refractivity contribution in [1.82, 2.24) is 30.6 Å². The summed E-state index contributed by atoms with van der Waals surface area (Å²) in [4.78, 5) is 62.3. The van der Waals surface area contributed by atoms with Crippen molar-refractivity contribution in [3.05, 3.63) is 42.6 Å². The minimum atomic E-state index is -3.99. The molecule has 0 bridgehead atoms. The molecule has 4 aliphatic rings. The lowest BCUT2D eigenvalue weighted by Gasteiger charge is -2.33. The third-order valence-electron chi connectivity index (χ3n) is 11.2. The normalized spacial score (nSPS) is 30.4. The van der Waals surface area contributed by atoms with Gasteiger partial charge < -0.3 is 30.3 Å². The minimum absolute atomic E-state index is 0.00173. The standard InChI is InChI=1S/C39H54N6O8S/c1-23-10-8-9-11-26-21-39(26,35(48)44-54(50,51)38(6)15-16-38)42-32(46)30-20-28(53-33-29-13-12-27(52-7)19-25(29)14-17-40-33)22-45(30)34(47)31(24(2)18-23)41-36(49)43-37(3,4)5/h9,11-14,17,19,23-24,26,28,30-31H,8,10,15-16,18,20-22H2,1-7H3,(H,42,46)(H,44,48)(H2,41,43,49)/b11-9-/t23-,24+,26?,28+,30-,31-,39?/m0/s1.